The average Bonchev–Trinajstić information content (AvgIpc) is 2.61. The molecule has 0 atom stereocenters. The minimum absolute atomic E-state index is 0.0758. The molecule has 24 heavy (non-hydrogen) atoms. The zero-order valence-corrected chi connectivity index (χ0v) is 14.1. The van der Waals surface area contributed by atoms with Gasteiger partial charge < -0.3 is 10.1 Å². The van der Waals surface area contributed by atoms with Crippen LogP contribution in [0.2, 0.25) is 0 Å². The summed E-state index contributed by atoms with van der Waals surface area (Å²) in [7, 11) is 1.65. The van der Waals surface area contributed by atoms with Crippen LogP contribution in [0.15, 0.2) is 48.5 Å². The summed E-state index contributed by atoms with van der Waals surface area (Å²) in [5.41, 5.74) is 2.30. The zero-order valence-electron chi connectivity index (χ0n) is 14.1. The molecule has 2 aromatic carbocycles. The van der Waals surface area contributed by atoms with Gasteiger partial charge >= 0.3 is 0 Å². The lowest BCUT2D eigenvalue weighted by atomic mass is 10.1. The molecule has 0 aliphatic heterocycles. The maximum Gasteiger partial charge on any atom is 0.220 e. The van der Waals surface area contributed by atoms with Crippen molar-refractivity contribution in [2.24, 2.45) is 0 Å². The molecule has 0 saturated heterocycles. The summed E-state index contributed by atoms with van der Waals surface area (Å²) in [4.78, 5) is 11.8. The molecule has 0 fully saturated rings. The van der Waals surface area contributed by atoms with E-state index >= 15 is 0 Å². The number of aryl methyl sites for hydroxylation is 2. The molecule has 0 radical (unpaired) electrons. The van der Waals surface area contributed by atoms with E-state index in [4.69, 9.17) is 4.74 Å². The Morgan fingerprint density at radius 1 is 0.958 bits per heavy atom. The second-order valence-corrected chi connectivity index (χ2v) is 5.78. The molecular formula is C20H24FNO2. The highest BCUT2D eigenvalue weighted by atomic mass is 19.1. The van der Waals surface area contributed by atoms with Gasteiger partial charge in [-0.05, 0) is 61.1 Å². The lowest BCUT2D eigenvalue weighted by Gasteiger charge is -2.06. The Hall–Kier alpha value is -2.36. The number of rotatable bonds is 9. The van der Waals surface area contributed by atoms with Crippen LogP contribution in [0.4, 0.5) is 4.39 Å². The number of benzene rings is 2. The van der Waals surface area contributed by atoms with E-state index in [0.29, 0.717) is 13.0 Å². The molecule has 1 N–H and O–H groups in total. The van der Waals surface area contributed by atoms with E-state index in [9.17, 15) is 9.18 Å². The maximum absolute atomic E-state index is 12.8. The standard InChI is InChI=1S/C20H24FNO2/c1-24-19-13-9-17(10-14-19)5-3-15-22-20(23)6-2-4-16-7-11-18(21)12-8-16/h7-14H,2-6,15H2,1H3,(H,22,23). The first-order valence-electron chi connectivity index (χ1n) is 8.31. The molecule has 0 aliphatic rings. The highest BCUT2D eigenvalue weighted by molar-refractivity contribution is 5.75. The van der Waals surface area contributed by atoms with Gasteiger partial charge in [0.1, 0.15) is 11.6 Å². The highest BCUT2D eigenvalue weighted by Gasteiger charge is 2.02. The third kappa shape index (κ3) is 6.41. The Kier molecular flexibility index (Phi) is 7.27. The molecule has 0 aliphatic carbocycles. The number of methoxy groups -OCH3 is 1. The Bertz CT molecular complexity index is 623. The first-order valence-corrected chi connectivity index (χ1v) is 8.31. The van der Waals surface area contributed by atoms with Crippen LogP contribution >= 0.6 is 0 Å². The third-order valence-electron chi connectivity index (χ3n) is 3.91. The molecular weight excluding hydrogens is 305 g/mol. The number of carbonyl (C=O) groups is 1. The Morgan fingerprint density at radius 2 is 1.54 bits per heavy atom. The summed E-state index contributed by atoms with van der Waals surface area (Å²) < 4.78 is 17.9. The number of nitrogens with one attached hydrogen (secondary N) is 1. The number of halogens is 1. The molecule has 2 aromatic rings. The van der Waals surface area contributed by atoms with E-state index in [2.05, 4.69) is 5.32 Å². The summed E-state index contributed by atoms with van der Waals surface area (Å²) in [5, 5.41) is 2.95. The van der Waals surface area contributed by atoms with Gasteiger partial charge in [-0.2, -0.15) is 0 Å². The quantitative estimate of drug-likeness (QED) is 0.709. The Morgan fingerprint density at radius 3 is 2.17 bits per heavy atom. The van der Waals surface area contributed by atoms with E-state index in [1.807, 2.05) is 24.3 Å². The summed E-state index contributed by atoms with van der Waals surface area (Å²) in [5.74, 6) is 0.702. The summed E-state index contributed by atoms with van der Waals surface area (Å²) in [6.07, 6.45) is 3.91. The monoisotopic (exact) mass is 329 g/mol. The van der Waals surface area contributed by atoms with Crippen molar-refractivity contribution < 1.29 is 13.9 Å². The molecule has 0 unspecified atom stereocenters. The summed E-state index contributed by atoms with van der Waals surface area (Å²) >= 11 is 0. The largest absolute Gasteiger partial charge is 0.497 e. The van der Waals surface area contributed by atoms with E-state index in [1.54, 1.807) is 19.2 Å². The van der Waals surface area contributed by atoms with E-state index in [1.165, 1.54) is 17.7 Å². The van der Waals surface area contributed by atoms with Crippen molar-refractivity contribution in [3.63, 3.8) is 0 Å². The number of amides is 1. The van der Waals surface area contributed by atoms with Gasteiger partial charge in [0.2, 0.25) is 5.91 Å². The predicted octanol–water partition coefficient (Wildman–Crippen LogP) is 3.91. The van der Waals surface area contributed by atoms with Crippen LogP contribution in [0.25, 0.3) is 0 Å². The fourth-order valence-electron chi connectivity index (χ4n) is 2.51. The fraction of sp³-hybridized carbons (Fsp3) is 0.350. The molecule has 0 bridgehead atoms. The molecule has 2 rings (SSSR count). The SMILES string of the molecule is COc1ccc(CCCNC(=O)CCCc2ccc(F)cc2)cc1. The zero-order chi connectivity index (χ0) is 17.2. The molecule has 3 nitrogen and oxygen atoms in total. The van der Waals surface area contributed by atoms with Crippen LogP contribution < -0.4 is 10.1 Å². The molecule has 0 saturated carbocycles. The minimum atomic E-state index is -0.228. The maximum atomic E-state index is 12.8. The smallest absolute Gasteiger partial charge is 0.220 e. The molecule has 128 valence electrons. The van der Waals surface area contributed by atoms with Crippen molar-refractivity contribution >= 4 is 5.91 Å². The van der Waals surface area contributed by atoms with Crippen LogP contribution in [-0.4, -0.2) is 19.6 Å². The van der Waals surface area contributed by atoms with Gasteiger partial charge in [-0.1, -0.05) is 24.3 Å². The average molecular weight is 329 g/mol. The van der Waals surface area contributed by atoms with Gasteiger partial charge in [0.25, 0.3) is 0 Å². The van der Waals surface area contributed by atoms with Gasteiger partial charge in [-0.25, -0.2) is 4.39 Å². The first-order chi connectivity index (χ1) is 11.7. The van der Waals surface area contributed by atoms with Gasteiger partial charge in [0.05, 0.1) is 7.11 Å². The molecule has 4 heteroatoms. The molecule has 0 heterocycles. The summed E-state index contributed by atoms with van der Waals surface area (Å²) in [6, 6.07) is 14.4. The van der Waals surface area contributed by atoms with Crippen LogP contribution in [0.3, 0.4) is 0 Å². The molecule has 0 aromatic heterocycles. The van der Waals surface area contributed by atoms with Crippen molar-refractivity contribution in [1.29, 1.82) is 0 Å². The normalized spacial score (nSPS) is 10.4. The van der Waals surface area contributed by atoms with Crippen molar-refractivity contribution in [2.45, 2.75) is 32.1 Å². The van der Waals surface area contributed by atoms with Crippen molar-refractivity contribution in [3.8, 4) is 5.75 Å². The highest BCUT2D eigenvalue weighted by Crippen LogP contribution is 2.12. The number of hydrogen-bond donors (Lipinski definition) is 1. The van der Waals surface area contributed by atoms with Gasteiger partial charge in [-0.15, -0.1) is 0 Å². The van der Waals surface area contributed by atoms with Crippen LogP contribution in [0, 0.1) is 5.82 Å². The number of carbonyl (C=O) groups excluding carboxylic acids is 1. The Labute approximate surface area is 142 Å². The second kappa shape index (κ2) is 9.71. The second-order valence-electron chi connectivity index (χ2n) is 5.78. The topological polar surface area (TPSA) is 38.3 Å². The molecule has 0 spiro atoms. The number of hydrogen-bond acceptors (Lipinski definition) is 2. The van der Waals surface area contributed by atoms with Crippen molar-refractivity contribution in [3.05, 3.63) is 65.5 Å². The van der Waals surface area contributed by atoms with Crippen LogP contribution in [-0.2, 0) is 17.6 Å². The first kappa shape index (κ1) is 18.0. The molecule has 1 amide bonds. The van der Waals surface area contributed by atoms with Crippen LogP contribution in [0.5, 0.6) is 5.75 Å². The Balaban J connectivity index is 1.56. The predicted molar refractivity (Wildman–Crippen MR) is 93.7 cm³/mol. The van der Waals surface area contributed by atoms with Gasteiger partial charge in [-0.3, -0.25) is 4.79 Å². The summed E-state index contributed by atoms with van der Waals surface area (Å²) in [6.45, 7) is 0.682. The fourth-order valence-corrected chi connectivity index (χ4v) is 2.51. The van der Waals surface area contributed by atoms with Gasteiger partial charge in [0, 0.05) is 13.0 Å². The van der Waals surface area contributed by atoms with Crippen molar-refractivity contribution in [2.75, 3.05) is 13.7 Å². The van der Waals surface area contributed by atoms with E-state index in [0.717, 1.165) is 37.0 Å². The van der Waals surface area contributed by atoms with E-state index in [-0.39, 0.29) is 11.7 Å². The van der Waals surface area contributed by atoms with Crippen molar-refractivity contribution in [1.82, 2.24) is 5.32 Å². The minimum Gasteiger partial charge on any atom is -0.497 e. The van der Waals surface area contributed by atoms with E-state index < -0.39 is 0 Å². The lowest BCUT2D eigenvalue weighted by molar-refractivity contribution is -0.121. The van der Waals surface area contributed by atoms with Gasteiger partial charge in [0.15, 0.2) is 0 Å². The lowest BCUT2D eigenvalue weighted by Crippen LogP contribution is -2.24. The number of ether oxygens (including phenoxy) is 1. The third-order valence-corrected chi connectivity index (χ3v) is 3.91. The van der Waals surface area contributed by atoms with Crippen LogP contribution in [0.1, 0.15) is 30.4 Å².